The second-order valence-electron chi connectivity index (χ2n) is 7.90. The number of aromatic nitrogens is 6. The van der Waals surface area contributed by atoms with Crippen LogP contribution in [0, 0.1) is 6.92 Å². The van der Waals surface area contributed by atoms with Gasteiger partial charge in [0.2, 0.25) is 5.95 Å². The predicted octanol–water partition coefficient (Wildman–Crippen LogP) is 3.04. The molecule has 176 valence electrons. The quantitative estimate of drug-likeness (QED) is 0.344. The molecule has 5 rings (SSSR count). The largest absolute Gasteiger partial charge is 0.457 e. The summed E-state index contributed by atoms with van der Waals surface area (Å²) in [4.78, 5) is 38.5. The zero-order valence-corrected chi connectivity index (χ0v) is 19.0. The summed E-state index contributed by atoms with van der Waals surface area (Å²) < 4.78 is 5.46. The van der Waals surface area contributed by atoms with Gasteiger partial charge in [0, 0.05) is 30.8 Å². The molecule has 1 saturated heterocycles. The van der Waals surface area contributed by atoms with Crippen molar-refractivity contribution in [2.45, 2.75) is 19.4 Å². The Morgan fingerprint density at radius 3 is 2.57 bits per heavy atom. The maximum Gasteiger partial charge on any atom is 0.340 e. The molecule has 5 heterocycles. The summed E-state index contributed by atoms with van der Waals surface area (Å²) in [6.45, 7) is 3.46. The molecule has 4 aromatic rings. The summed E-state index contributed by atoms with van der Waals surface area (Å²) in [6, 6.07) is 12.5. The van der Waals surface area contributed by atoms with Crippen LogP contribution in [0.15, 0.2) is 61.1 Å². The minimum atomic E-state index is -0.384. The fourth-order valence-electron chi connectivity index (χ4n) is 3.49. The number of ether oxygens (including phenoxy) is 1. The molecule has 0 aromatic carbocycles. The lowest BCUT2D eigenvalue weighted by Crippen LogP contribution is -2.20. The number of hydrogen-bond donors (Lipinski definition) is 3. The van der Waals surface area contributed by atoms with Crippen molar-refractivity contribution in [1.82, 2.24) is 35.2 Å². The molecule has 1 atom stereocenters. The zero-order chi connectivity index (χ0) is 24.0. The first-order chi connectivity index (χ1) is 17.1. The van der Waals surface area contributed by atoms with Gasteiger partial charge >= 0.3 is 5.97 Å². The normalized spacial score (nSPS) is 14.9. The van der Waals surface area contributed by atoms with E-state index in [1.807, 2.05) is 25.1 Å². The van der Waals surface area contributed by atoms with Gasteiger partial charge in [0.1, 0.15) is 29.3 Å². The third-order valence-corrected chi connectivity index (χ3v) is 5.21. The number of aryl methyl sites for hydroxylation is 1. The number of anilines is 4. The van der Waals surface area contributed by atoms with Crippen LogP contribution in [0.5, 0.6) is 0 Å². The Balaban J connectivity index is 1.24. The van der Waals surface area contributed by atoms with Crippen LogP contribution in [-0.2, 0) is 4.74 Å². The van der Waals surface area contributed by atoms with Crippen LogP contribution in [0.2, 0.25) is 0 Å². The average molecular weight is 470 g/mol. The minimum absolute atomic E-state index is 0.0945. The molecule has 1 fully saturated rings. The molecule has 4 aromatic heterocycles. The number of carbonyl (C=O) groups is 1. The van der Waals surface area contributed by atoms with Crippen molar-refractivity contribution < 1.29 is 9.53 Å². The number of esters is 1. The number of pyridine rings is 2. The van der Waals surface area contributed by atoms with Crippen LogP contribution >= 0.6 is 0 Å². The van der Waals surface area contributed by atoms with E-state index < -0.39 is 0 Å². The molecule has 0 amide bonds. The molecule has 0 spiro atoms. The highest BCUT2D eigenvalue weighted by Gasteiger charge is 2.20. The first kappa shape index (κ1) is 22.3. The van der Waals surface area contributed by atoms with Gasteiger partial charge in [-0.25, -0.2) is 29.7 Å². The fourth-order valence-corrected chi connectivity index (χ4v) is 3.49. The molecule has 0 bridgehead atoms. The Hall–Kier alpha value is -4.51. The highest BCUT2D eigenvalue weighted by atomic mass is 16.5. The van der Waals surface area contributed by atoms with Gasteiger partial charge in [-0.2, -0.15) is 4.98 Å². The SMILES string of the molecule is Cc1cccc(-c2nccc(Nc3ccnc(Nc4ccc(C(=O)O[C@@H]5CCNC5)cn4)n3)n2)n1. The molecule has 0 radical (unpaired) electrons. The monoisotopic (exact) mass is 469 g/mol. The van der Waals surface area contributed by atoms with Gasteiger partial charge in [0.15, 0.2) is 5.82 Å². The number of carbonyl (C=O) groups excluding carboxylic acids is 1. The van der Waals surface area contributed by atoms with Crippen molar-refractivity contribution in [3.05, 3.63) is 72.3 Å². The summed E-state index contributed by atoms with van der Waals surface area (Å²) in [7, 11) is 0. The van der Waals surface area contributed by atoms with Crippen LogP contribution < -0.4 is 16.0 Å². The van der Waals surface area contributed by atoms with Crippen LogP contribution in [0.3, 0.4) is 0 Å². The molecule has 1 aliphatic rings. The molecule has 11 heteroatoms. The van der Waals surface area contributed by atoms with Crippen molar-refractivity contribution >= 4 is 29.4 Å². The fraction of sp³-hybridized carbons (Fsp3) is 0.208. The highest BCUT2D eigenvalue weighted by Crippen LogP contribution is 2.19. The molecule has 11 nitrogen and oxygen atoms in total. The van der Waals surface area contributed by atoms with E-state index in [9.17, 15) is 4.79 Å². The third-order valence-electron chi connectivity index (χ3n) is 5.21. The van der Waals surface area contributed by atoms with E-state index in [4.69, 9.17) is 4.74 Å². The third kappa shape index (κ3) is 5.71. The van der Waals surface area contributed by atoms with Gasteiger partial charge in [-0.3, -0.25) is 0 Å². The van der Waals surface area contributed by atoms with Gasteiger partial charge < -0.3 is 20.7 Å². The summed E-state index contributed by atoms with van der Waals surface area (Å²) in [6.07, 6.45) is 5.47. The van der Waals surface area contributed by atoms with Crippen molar-refractivity contribution in [3.63, 3.8) is 0 Å². The summed E-state index contributed by atoms with van der Waals surface area (Å²) in [5.41, 5.74) is 1.97. The van der Waals surface area contributed by atoms with Gasteiger partial charge in [-0.05, 0) is 56.3 Å². The Bertz CT molecular complexity index is 1320. The van der Waals surface area contributed by atoms with E-state index >= 15 is 0 Å². The summed E-state index contributed by atoms with van der Waals surface area (Å²) >= 11 is 0. The Morgan fingerprint density at radius 2 is 1.80 bits per heavy atom. The lowest BCUT2D eigenvalue weighted by molar-refractivity contribution is 0.0344. The molecule has 0 unspecified atom stereocenters. The van der Waals surface area contributed by atoms with Gasteiger partial charge in [0.25, 0.3) is 0 Å². The van der Waals surface area contributed by atoms with E-state index in [-0.39, 0.29) is 12.1 Å². The summed E-state index contributed by atoms with van der Waals surface area (Å²) in [5, 5.41) is 9.36. The lowest BCUT2D eigenvalue weighted by atomic mass is 10.2. The first-order valence-electron chi connectivity index (χ1n) is 11.1. The van der Waals surface area contributed by atoms with E-state index in [2.05, 4.69) is 45.9 Å². The first-order valence-corrected chi connectivity index (χ1v) is 11.1. The number of nitrogens with one attached hydrogen (secondary N) is 3. The van der Waals surface area contributed by atoms with Crippen molar-refractivity contribution in [2.24, 2.45) is 0 Å². The Kier molecular flexibility index (Phi) is 6.48. The second-order valence-corrected chi connectivity index (χ2v) is 7.90. The van der Waals surface area contributed by atoms with E-state index in [0.717, 1.165) is 18.7 Å². The lowest BCUT2D eigenvalue weighted by Gasteiger charge is -2.11. The summed E-state index contributed by atoms with van der Waals surface area (Å²) in [5.74, 6) is 2.07. The van der Waals surface area contributed by atoms with E-state index in [1.54, 1.807) is 36.7 Å². The molecule has 1 aliphatic heterocycles. The van der Waals surface area contributed by atoms with E-state index in [0.29, 0.717) is 47.0 Å². The van der Waals surface area contributed by atoms with Crippen molar-refractivity contribution in [1.29, 1.82) is 0 Å². The smallest absolute Gasteiger partial charge is 0.340 e. The van der Waals surface area contributed by atoms with Crippen LogP contribution in [0.1, 0.15) is 22.5 Å². The molecule has 3 N–H and O–H groups in total. The Labute approximate surface area is 201 Å². The van der Waals surface area contributed by atoms with Crippen LogP contribution in [-0.4, -0.2) is 55.1 Å². The average Bonchev–Trinajstić information content (AvgIpc) is 3.38. The molecular formula is C24H23N9O2. The highest BCUT2D eigenvalue weighted by molar-refractivity contribution is 5.89. The van der Waals surface area contributed by atoms with Crippen molar-refractivity contribution in [3.8, 4) is 11.5 Å². The van der Waals surface area contributed by atoms with Crippen LogP contribution in [0.4, 0.5) is 23.4 Å². The molecule has 0 aliphatic carbocycles. The number of rotatable bonds is 7. The van der Waals surface area contributed by atoms with Crippen LogP contribution in [0.25, 0.3) is 11.5 Å². The van der Waals surface area contributed by atoms with Gasteiger partial charge in [0.05, 0.1) is 5.56 Å². The maximum absolute atomic E-state index is 12.3. The van der Waals surface area contributed by atoms with Gasteiger partial charge in [-0.15, -0.1) is 0 Å². The standard InChI is InChI=1S/C24H23N9O2/c1-15-3-2-4-18(29-15)22-26-11-8-20(31-22)30-21-9-12-27-24(33-21)32-19-6-5-16(13-28-19)23(34)35-17-7-10-25-14-17/h2-6,8-9,11-13,17,25H,7,10,14H2,1H3,(H2,26,27,28,30,31,32,33)/t17-/m1/s1. The minimum Gasteiger partial charge on any atom is -0.457 e. The Morgan fingerprint density at radius 1 is 0.943 bits per heavy atom. The number of nitrogens with zero attached hydrogens (tertiary/aromatic N) is 6. The molecular weight excluding hydrogens is 446 g/mol. The molecule has 0 saturated carbocycles. The second kappa shape index (κ2) is 10.2. The van der Waals surface area contributed by atoms with Crippen molar-refractivity contribution in [2.75, 3.05) is 23.7 Å². The van der Waals surface area contributed by atoms with Gasteiger partial charge in [-0.1, -0.05) is 6.07 Å². The maximum atomic E-state index is 12.3. The molecule has 35 heavy (non-hydrogen) atoms. The zero-order valence-electron chi connectivity index (χ0n) is 19.0. The van der Waals surface area contributed by atoms with E-state index in [1.165, 1.54) is 6.20 Å². The topological polar surface area (TPSA) is 140 Å². The predicted molar refractivity (Wildman–Crippen MR) is 130 cm³/mol. The number of hydrogen-bond acceptors (Lipinski definition) is 11.